The second kappa shape index (κ2) is 13.0. The van der Waals surface area contributed by atoms with Crippen LogP contribution in [-0.4, -0.2) is 5.11 Å². The Morgan fingerprint density at radius 1 is 0.902 bits per heavy atom. The first kappa shape index (κ1) is 30.7. The number of hydrogen-bond donors (Lipinski definition) is 1. The second-order valence-electron chi connectivity index (χ2n) is 8.08. The molecule has 2 nitrogen and oxygen atoms in total. The Morgan fingerprint density at radius 3 is 2.10 bits per heavy atom. The van der Waals surface area contributed by atoms with E-state index in [0.29, 0.717) is 36.6 Å². The molecule has 11 heteroatoms. The molecule has 0 saturated heterocycles. The number of halogens is 9. The van der Waals surface area contributed by atoms with E-state index in [4.69, 9.17) is 5.11 Å². The van der Waals surface area contributed by atoms with E-state index >= 15 is 0 Å². The first-order valence-electron chi connectivity index (χ1n) is 11.4. The number of hydrogen-bond acceptors (Lipinski definition) is 2. The Balaban J connectivity index is 1.91. The highest BCUT2D eigenvalue weighted by Gasteiger charge is 2.41. The van der Waals surface area contributed by atoms with Crippen molar-refractivity contribution in [3.8, 4) is 28.7 Å². The average Bonchev–Trinajstić information content (AvgIpc) is 2.89. The lowest BCUT2D eigenvalue weighted by Crippen LogP contribution is -2.25. The van der Waals surface area contributed by atoms with E-state index in [-0.39, 0.29) is 12.0 Å². The third-order valence-electron chi connectivity index (χ3n) is 5.23. The van der Waals surface area contributed by atoms with Crippen LogP contribution in [0.15, 0.2) is 91.0 Å². The molecule has 0 heterocycles. The van der Waals surface area contributed by atoms with E-state index in [1.807, 2.05) is 0 Å². The molecule has 0 spiro atoms. The van der Waals surface area contributed by atoms with Crippen molar-refractivity contribution in [2.45, 2.75) is 12.5 Å². The van der Waals surface area contributed by atoms with Crippen LogP contribution in [0, 0.1) is 46.7 Å². The summed E-state index contributed by atoms with van der Waals surface area (Å²) >= 11 is 0. The molecule has 0 bridgehead atoms. The Kier molecular flexibility index (Phi) is 9.73. The van der Waals surface area contributed by atoms with Crippen molar-refractivity contribution in [3.05, 3.63) is 137 Å². The Bertz CT molecular complexity index is 1580. The van der Waals surface area contributed by atoms with Gasteiger partial charge in [-0.2, -0.15) is 8.78 Å². The van der Waals surface area contributed by atoms with Gasteiger partial charge in [0.1, 0.15) is 34.6 Å². The van der Waals surface area contributed by atoms with Gasteiger partial charge >= 0.3 is 6.11 Å². The van der Waals surface area contributed by atoms with Gasteiger partial charge in [0, 0.05) is 17.2 Å². The lowest BCUT2D eigenvalue weighted by atomic mass is 10.0. The van der Waals surface area contributed by atoms with Crippen LogP contribution in [0.2, 0.25) is 0 Å². The molecule has 0 unspecified atom stereocenters. The fourth-order valence-corrected chi connectivity index (χ4v) is 3.38. The minimum Gasteiger partial charge on any atom is -0.516 e. The normalized spacial score (nSPS) is 12.3. The predicted molar refractivity (Wildman–Crippen MR) is 133 cm³/mol. The Morgan fingerprint density at radius 2 is 1.54 bits per heavy atom. The minimum absolute atomic E-state index is 0.122. The van der Waals surface area contributed by atoms with Crippen molar-refractivity contribution < 1.29 is 49.4 Å². The minimum atomic E-state index is -4.68. The summed E-state index contributed by atoms with van der Waals surface area (Å²) in [5.41, 5.74) is -3.55. The number of alkyl halides is 2. The highest BCUT2D eigenvalue weighted by atomic mass is 19.3. The van der Waals surface area contributed by atoms with Crippen molar-refractivity contribution in [3.63, 3.8) is 0 Å². The highest BCUT2D eigenvalue weighted by Crippen LogP contribution is 2.37. The summed E-state index contributed by atoms with van der Waals surface area (Å²) in [4.78, 5) is 0. The lowest BCUT2D eigenvalue weighted by molar-refractivity contribution is -0.189. The van der Waals surface area contributed by atoms with Crippen LogP contribution in [0.25, 0.3) is 11.1 Å². The molecule has 0 atom stereocenters. The van der Waals surface area contributed by atoms with Crippen LogP contribution >= 0.6 is 0 Å². The topological polar surface area (TPSA) is 29.5 Å². The number of ether oxygens (including phenoxy) is 1. The van der Waals surface area contributed by atoms with E-state index in [9.17, 15) is 39.5 Å². The van der Waals surface area contributed by atoms with E-state index in [1.54, 1.807) is 0 Å². The van der Waals surface area contributed by atoms with Gasteiger partial charge in [-0.15, -0.1) is 6.58 Å². The smallest absolute Gasteiger partial charge is 0.432 e. The van der Waals surface area contributed by atoms with Gasteiger partial charge in [-0.3, -0.25) is 0 Å². The van der Waals surface area contributed by atoms with E-state index in [1.165, 1.54) is 6.08 Å². The fourth-order valence-electron chi connectivity index (χ4n) is 3.38. The zero-order valence-corrected chi connectivity index (χ0v) is 20.6. The van der Waals surface area contributed by atoms with Crippen LogP contribution in [0.3, 0.4) is 0 Å². The predicted octanol–water partition coefficient (Wildman–Crippen LogP) is 9.10. The summed E-state index contributed by atoms with van der Waals surface area (Å²) in [6, 6.07) is 3.75. The second-order valence-corrected chi connectivity index (χ2v) is 8.08. The van der Waals surface area contributed by atoms with Crippen LogP contribution in [-0.2, 0) is 6.11 Å². The summed E-state index contributed by atoms with van der Waals surface area (Å²) in [6.07, 6.45) is 0.578. The average molecular weight is 580 g/mol. The number of rotatable bonds is 8. The van der Waals surface area contributed by atoms with Gasteiger partial charge < -0.3 is 9.84 Å². The molecule has 0 aliphatic heterocycles. The molecule has 3 aromatic rings. The molecule has 0 aliphatic carbocycles. The van der Waals surface area contributed by atoms with E-state index in [2.05, 4.69) is 23.2 Å². The van der Waals surface area contributed by atoms with Gasteiger partial charge in [0.2, 0.25) is 0 Å². The summed E-state index contributed by atoms with van der Waals surface area (Å²) in [6.45, 7) is 3.42. The largest absolute Gasteiger partial charge is 0.516 e. The quantitative estimate of drug-likeness (QED) is 0.0720. The SMILES string of the molecule is C=CC\C=C(F)/C(C#Cc1cc(F)c(C(F)(F)Oc2ccc(-c3cc(F)c(F)c(F)c3)c(F)c2)c(F)c1)=C\C=C\O. The molecule has 0 fully saturated rings. The molecule has 0 aromatic heterocycles. The molecule has 0 saturated carbocycles. The maximum Gasteiger partial charge on any atom is 0.432 e. The summed E-state index contributed by atoms with van der Waals surface area (Å²) in [5, 5.41) is 8.78. The van der Waals surface area contributed by atoms with Gasteiger partial charge in [-0.1, -0.05) is 17.9 Å². The Hall–Kier alpha value is -4.85. The molecule has 3 rings (SSSR count). The summed E-state index contributed by atoms with van der Waals surface area (Å²) in [7, 11) is 0. The molecule has 1 N–H and O–H groups in total. The van der Waals surface area contributed by atoms with Crippen molar-refractivity contribution in [1.29, 1.82) is 0 Å². The maximum absolute atomic E-state index is 14.8. The Labute approximate surface area is 228 Å². The van der Waals surface area contributed by atoms with Gasteiger partial charge in [0.05, 0.1) is 11.8 Å². The highest BCUT2D eigenvalue weighted by molar-refractivity contribution is 5.65. The molecule has 0 radical (unpaired) electrons. The van der Waals surface area contributed by atoms with Crippen LogP contribution in [0.4, 0.5) is 39.5 Å². The van der Waals surface area contributed by atoms with Gasteiger partial charge in [-0.25, -0.2) is 30.7 Å². The van der Waals surface area contributed by atoms with Crippen molar-refractivity contribution in [2.24, 2.45) is 0 Å². The van der Waals surface area contributed by atoms with Crippen molar-refractivity contribution in [1.82, 2.24) is 0 Å². The molecule has 0 aliphatic rings. The van der Waals surface area contributed by atoms with Crippen LogP contribution < -0.4 is 4.74 Å². The molecule has 3 aromatic carbocycles. The van der Waals surface area contributed by atoms with Crippen molar-refractivity contribution >= 4 is 0 Å². The van der Waals surface area contributed by atoms with Crippen molar-refractivity contribution in [2.75, 3.05) is 0 Å². The number of benzene rings is 3. The molecule has 41 heavy (non-hydrogen) atoms. The third kappa shape index (κ3) is 7.42. The van der Waals surface area contributed by atoms with E-state index in [0.717, 1.165) is 30.4 Å². The van der Waals surface area contributed by atoms with E-state index < -0.39 is 74.8 Å². The summed E-state index contributed by atoms with van der Waals surface area (Å²) < 4.78 is 132. The van der Waals surface area contributed by atoms with Crippen LogP contribution in [0.5, 0.6) is 5.75 Å². The number of aliphatic hydroxyl groups is 1. The lowest BCUT2D eigenvalue weighted by Gasteiger charge is -2.20. The zero-order chi connectivity index (χ0) is 30.3. The number of allylic oxidation sites excluding steroid dienone is 6. The zero-order valence-electron chi connectivity index (χ0n) is 20.6. The first-order chi connectivity index (χ1) is 19.4. The maximum atomic E-state index is 14.8. The molecule has 212 valence electrons. The monoisotopic (exact) mass is 580 g/mol. The first-order valence-corrected chi connectivity index (χ1v) is 11.4. The third-order valence-corrected chi connectivity index (χ3v) is 5.23. The fraction of sp³-hybridized carbons (Fsp3) is 0.0667. The summed E-state index contributed by atoms with van der Waals surface area (Å²) in [5.74, 6) is -7.18. The van der Waals surface area contributed by atoms with Gasteiger partial charge in [-0.05, 0) is 66.6 Å². The number of aliphatic hydroxyl groups excluding tert-OH is 1. The van der Waals surface area contributed by atoms with Crippen LogP contribution in [0.1, 0.15) is 17.5 Å². The molecular weight excluding hydrogens is 563 g/mol. The molecular formula is C30H17F9O2. The molecule has 0 amide bonds. The van der Waals surface area contributed by atoms with Gasteiger partial charge in [0.25, 0.3) is 0 Å². The standard InChI is InChI=1S/C30H17F9O2/c1-2-3-6-22(31)18(5-4-11-40)8-7-17-12-24(33)28(25(34)13-17)30(38,39)41-20-9-10-21(23(32)16-20)19-14-26(35)29(37)27(36)15-19/h2,4-6,9-16,40H,1,3H2/b11-4+,18-5-,22-6+. The van der Waals surface area contributed by atoms with Gasteiger partial charge in [0.15, 0.2) is 17.5 Å².